The Bertz CT molecular complexity index is 880. The largest absolute Gasteiger partial charge is 0.487 e. The fourth-order valence-electron chi connectivity index (χ4n) is 4.97. The molecule has 0 aliphatic rings. The van der Waals surface area contributed by atoms with Gasteiger partial charge < -0.3 is 14.0 Å². The predicted octanol–water partition coefficient (Wildman–Crippen LogP) is 8.52. The van der Waals surface area contributed by atoms with Crippen LogP contribution in [0.15, 0.2) is 54.6 Å². The summed E-state index contributed by atoms with van der Waals surface area (Å²) in [4.78, 5) is 12.3. The molecule has 4 nitrogen and oxygen atoms in total. The van der Waals surface area contributed by atoms with Crippen LogP contribution in [-0.4, -0.2) is 43.8 Å². The van der Waals surface area contributed by atoms with Gasteiger partial charge in [0.2, 0.25) is 0 Å². The van der Waals surface area contributed by atoms with E-state index in [-0.39, 0.29) is 18.7 Å². The number of aryl methyl sites for hydroxylation is 1. The number of esters is 1. The van der Waals surface area contributed by atoms with Crippen LogP contribution in [0, 0.1) is 0 Å². The fourth-order valence-corrected chi connectivity index (χ4v) is 4.97. The summed E-state index contributed by atoms with van der Waals surface area (Å²) in [5.41, 5.74) is 2.57. The van der Waals surface area contributed by atoms with E-state index in [2.05, 4.69) is 57.4 Å². The lowest BCUT2D eigenvalue weighted by Crippen LogP contribution is -2.39. The van der Waals surface area contributed by atoms with Crippen molar-refractivity contribution in [2.45, 2.75) is 110 Å². The van der Waals surface area contributed by atoms with Gasteiger partial charge in [-0.25, -0.2) is 0 Å². The number of benzene rings is 2. The van der Waals surface area contributed by atoms with Gasteiger partial charge in [0.05, 0.1) is 27.1 Å². The zero-order valence-corrected chi connectivity index (χ0v) is 24.8. The third-order valence-electron chi connectivity index (χ3n) is 7.18. The fraction of sp³-hybridized carbons (Fsp3) is 0.618. The van der Waals surface area contributed by atoms with Crippen LogP contribution in [-0.2, 0) is 22.5 Å². The number of unbranched alkanes of at least 4 members (excludes halogenated alkanes) is 9. The Kier molecular flexibility index (Phi) is 15.8. The van der Waals surface area contributed by atoms with Crippen molar-refractivity contribution in [2.24, 2.45) is 0 Å². The number of ether oxygens (including phenoxy) is 2. The number of carbonyl (C=O) groups excluding carboxylic acids is 1. The molecule has 0 fully saturated rings. The maximum atomic E-state index is 12.3. The number of hydrogen-bond acceptors (Lipinski definition) is 3. The SMILES string of the molecule is CCCCCCCCCCCCc1ccccc1OC(C)COC(=O)CCC[N+](C)(C)Cc1ccccc1. The molecule has 1 unspecified atom stereocenters. The zero-order valence-electron chi connectivity index (χ0n) is 24.8. The summed E-state index contributed by atoms with van der Waals surface area (Å²) in [5.74, 6) is 0.783. The summed E-state index contributed by atoms with van der Waals surface area (Å²) < 4.78 is 12.6. The molecule has 0 saturated heterocycles. The van der Waals surface area contributed by atoms with Crippen molar-refractivity contribution in [3.05, 3.63) is 65.7 Å². The van der Waals surface area contributed by atoms with Crippen molar-refractivity contribution in [1.29, 1.82) is 0 Å². The van der Waals surface area contributed by atoms with Crippen LogP contribution < -0.4 is 4.74 Å². The number of nitrogens with zero attached hydrogens (tertiary/aromatic N) is 1. The van der Waals surface area contributed by atoms with E-state index in [4.69, 9.17) is 9.47 Å². The van der Waals surface area contributed by atoms with Crippen molar-refractivity contribution in [3.8, 4) is 5.75 Å². The first kappa shape index (κ1) is 31.9. The smallest absolute Gasteiger partial charge is 0.306 e. The second-order valence-corrected chi connectivity index (χ2v) is 11.6. The molecular weight excluding hydrogens is 470 g/mol. The summed E-state index contributed by atoms with van der Waals surface area (Å²) in [6.07, 6.45) is 15.6. The molecule has 0 N–H and O–H groups in total. The number of rotatable bonds is 21. The van der Waals surface area contributed by atoms with E-state index in [0.717, 1.165) is 36.2 Å². The van der Waals surface area contributed by atoms with Gasteiger partial charge in [-0.1, -0.05) is 113 Å². The number of carbonyl (C=O) groups is 1. The molecule has 0 bridgehead atoms. The molecule has 212 valence electrons. The second kappa shape index (κ2) is 18.8. The lowest BCUT2D eigenvalue weighted by atomic mass is 10.0. The Hall–Kier alpha value is -2.33. The topological polar surface area (TPSA) is 35.5 Å². The Morgan fingerprint density at radius 2 is 1.39 bits per heavy atom. The summed E-state index contributed by atoms with van der Waals surface area (Å²) in [6, 6.07) is 18.8. The minimum atomic E-state index is -0.168. The number of hydrogen-bond donors (Lipinski definition) is 0. The van der Waals surface area contributed by atoms with Gasteiger partial charge in [0, 0.05) is 12.0 Å². The highest BCUT2D eigenvalue weighted by atomic mass is 16.6. The van der Waals surface area contributed by atoms with Crippen molar-refractivity contribution in [2.75, 3.05) is 27.2 Å². The molecule has 2 aromatic carbocycles. The van der Waals surface area contributed by atoms with Crippen LogP contribution in [0.1, 0.15) is 102 Å². The molecule has 0 saturated carbocycles. The lowest BCUT2D eigenvalue weighted by Gasteiger charge is -2.29. The Balaban J connectivity index is 1.60. The van der Waals surface area contributed by atoms with Gasteiger partial charge in [-0.05, 0) is 31.4 Å². The van der Waals surface area contributed by atoms with Gasteiger partial charge in [0.25, 0.3) is 0 Å². The van der Waals surface area contributed by atoms with Crippen molar-refractivity contribution < 1.29 is 18.8 Å². The summed E-state index contributed by atoms with van der Waals surface area (Å²) >= 11 is 0. The molecule has 2 aromatic rings. The minimum Gasteiger partial charge on any atom is -0.487 e. The highest BCUT2D eigenvalue weighted by Crippen LogP contribution is 2.22. The third kappa shape index (κ3) is 14.6. The molecule has 0 heterocycles. The van der Waals surface area contributed by atoms with E-state index in [9.17, 15) is 4.79 Å². The van der Waals surface area contributed by atoms with E-state index >= 15 is 0 Å². The van der Waals surface area contributed by atoms with Crippen LogP contribution in [0.2, 0.25) is 0 Å². The molecule has 38 heavy (non-hydrogen) atoms. The Labute approximate surface area is 233 Å². The molecule has 0 aromatic heterocycles. The molecular formula is C34H54NO3+. The average molecular weight is 525 g/mol. The van der Waals surface area contributed by atoms with Gasteiger partial charge in [-0.2, -0.15) is 0 Å². The van der Waals surface area contributed by atoms with E-state index in [0.29, 0.717) is 6.42 Å². The quantitative estimate of drug-likeness (QED) is 0.0932. The summed E-state index contributed by atoms with van der Waals surface area (Å²) in [7, 11) is 4.42. The maximum Gasteiger partial charge on any atom is 0.306 e. The first-order chi connectivity index (χ1) is 18.4. The van der Waals surface area contributed by atoms with E-state index in [1.54, 1.807) is 0 Å². The van der Waals surface area contributed by atoms with Crippen molar-refractivity contribution >= 4 is 5.97 Å². The normalized spacial score (nSPS) is 12.3. The van der Waals surface area contributed by atoms with Gasteiger partial charge in [-0.15, -0.1) is 0 Å². The first-order valence-electron chi connectivity index (χ1n) is 15.2. The monoisotopic (exact) mass is 524 g/mol. The van der Waals surface area contributed by atoms with Crippen LogP contribution >= 0.6 is 0 Å². The predicted molar refractivity (Wildman–Crippen MR) is 159 cm³/mol. The van der Waals surface area contributed by atoms with E-state index in [1.807, 2.05) is 25.1 Å². The van der Waals surface area contributed by atoms with E-state index < -0.39 is 0 Å². The molecule has 0 amide bonds. The van der Waals surface area contributed by atoms with Crippen LogP contribution in [0.3, 0.4) is 0 Å². The van der Waals surface area contributed by atoms with Crippen molar-refractivity contribution in [3.63, 3.8) is 0 Å². The third-order valence-corrected chi connectivity index (χ3v) is 7.18. The van der Waals surface area contributed by atoms with Crippen molar-refractivity contribution in [1.82, 2.24) is 0 Å². The lowest BCUT2D eigenvalue weighted by molar-refractivity contribution is -0.903. The molecule has 4 heteroatoms. The zero-order chi connectivity index (χ0) is 27.5. The minimum absolute atomic E-state index is 0.140. The first-order valence-corrected chi connectivity index (χ1v) is 15.2. The Morgan fingerprint density at radius 1 is 0.789 bits per heavy atom. The highest BCUT2D eigenvalue weighted by molar-refractivity contribution is 5.69. The van der Waals surface area contributed by atoms with Crippen LogP contribution in [0.5, 0.6) is 5.75 Å². The Morgan fingerprint density at radius 3 is 2.08 bits per heavy atom. The highest BCUT2D eigenvalue weighted by Gasteiger charge is 2.17. The standard InChI is InChI=1S/C34H54NO3/c1-5-6-7-8-9-10-11-12-13-17-23-32-24-18-19-25-33(32)38-30(2)29-37-34(36)26-20-27-35(3,4)28-31-21-15-14-16-22-31/h14-16,18-19,21-22,24-25,30H,5-13,17,20,23,26-29H2,1-4H3/q+1. The molecule has 0 radical (unpaired) electrons. The van der Waals surface area contributed by atoms with E-state index in [1.165, 1.54) is 75.3 Å². The molecule has 0 aliphatic heterocycles. The second-order valence-electron chi connectivity index (χ2n) is 11.6. The molecule has 0 aliphatic carbocycles. The van der Waals surface area contributed by atoms with Crippen LogP contribution in [0.4, 0.5) is 0 Å². The van der Waals surface area contributed by atoms with Gasteiger partial charge in [0.1, 0.15) is 25.0 Å². The molecule has 1 atom stereocenters. The molecule has 2 rings (SSSR count). The number of para-hydroxylation sites is 1. The number of quaternary nitrogens is 1. The maximum absolute atomic E-state index is 12.3. The van der Waals surface area contributed by atoms with Gasteiger partial charge >= 0.3 is 5.97 Å². The molecule has 0 spiro atoms. The van der Waals surface area contributed by atoms with Gasteiger partial charge in [0.15, 0.2) is 0 Å². The summed E-state index contributed by atoms with van der Waals surface area (Å²) in [6.45, 7) is 6.43. The van der Waals surface area contributed by atoms with Gasteiger partial charge in [-0.3, -0.25) is 4.79 Å². The average Bonchev–Trinajstić information content (AvgIpc) is 2.89. The van der Waals surface area contributed by atoms with Crippen LogP contribution in [0.25, 0.3) is 0 Å². The summed E-state index contributed by atoms with van der Waals surface area (Å²) in [5, 5.41) is 0.